The quantitative estimate of drug-likeness (QED) is 0.560. The predicted molar refractivity (Wildman–Crippen MR) is 87.6 cm³/mol. The van der Waals surface area contributed by atoms with Gasteiger partial charge in [-0.25, -0.2) is 4.79 Å². The van der Waals surface area contributed by atoms with Gasteiger partial charge in [0.05, 0.1) is 18.8 Å². The lowest BCUT2D eigenvalue weighted by molar-refractivity contribution is 0.0599. The Kier molecular flexibility index (Phi) is 7.23. The molecule has 0 aliphatic rings. The van der Waals surface area contributed by atoms with E-state index in [1.54, 1.807) is 18.2 Å². The van der Waals surface area contributed by atoms with Crippen LogP contribution in [0.1, 0.15) is 38.1 Å². The average molecular weight is 304 g/mol. The van der Waals surface area contributed by atoms with Crippen LogP contribution < -0.4 is 9.47 Å². The van der Waals surface area contributed by atoms with E-state index in [1.165, 1.54) is 7.11 Å². The van der Waals surface area contributed by atoms with Crippen molar-refractivity contribution in [2.75, 3.05) is 13.7 Å². The van der Waals surface area contributed by atoms with Crippen LogP contribution >= 0.6 is 0 Å². The molecule has 0 spiro atoms. The highest BCUT2D eigenvalue weighted by atomic mass is 16.5. The Bertz CT molecular complexity index is 556. The fourth-order valence-corrected chi connectivity index (χ4v) is 1.74. The molecule has 4 heteroatoms. The Morgan fingerprint density at radius 2 is 1.91 bits per heavy atom. The minimum atomic E-state index is -0.416. The number of rotatable bonds is 7. The van der Waals surface area contributed by atoms with Gasteiger partial charge in [-0.1, -0.05) is 18.2 Å². The molecule has 0 saturated heterocycles. The third-order valence-corrected chi connectivity index (χ3v) is 2.71. The molecule has 0 saturated carbocycles. The fourth-order valence-electron chi connectivity index (χ4n) is 1.74. The lowest BCUT2D eigenvalue weighted by Crippen LogP contribution is -2.08. The molecular formula is C18H24O4. The van der Waals surface area contributed by atoms with Crippen molar-refractivity contribution in [1.82, 2.24) is 0 Å². The smallest absolute Gasteiger partial charge is 0.338 e. The van der Waals surface area contributed by atoms with Crippen molar-refractivity contribution in [1.29, 1.82) is 0 Å². The minimum absolute atomic E-state index is 0.0112. The maximum atomic E-state index is 11.7. The molecule has 0 aliphatic heterocycles. The number of benzene rings is 1. The first-order valence-corrected chi connectivity index (χ1v) is 7.27. The summed E-state index contributed by atoms with van der Waals surface area (Å²) in [6.07, 6.45) is 5.90. The van der Waals surface area contributed by atoms with Crippen LogP contribution in [0.25, 0.3) is 0 Å². The van der Waals surface area contributed by atoms with Crippen molar-refractivity contribution in [3.8, 4) is 11.5 Å². The molecule has 0 radical (unpaired) electrons. The van der Waals surface area contributed by atoms with Crippen molar-refractivity contribution < 1.29 is 19.0 Å². The Hall–Kier alpha value is -2.23. The molecule has 0 amide bonds. The number of allylic oxidation sites excluding steroid dienone is 3. The van der Waals surface area contributed by atoms with Gasteiger partial charge in [0.15, 0.2) is 0 Å². The number of hydrogen-bond donors (Lipinski definition) is 0. The second-order valence-electron chi connectivity index (χ2n) is 5.18. The molecule has 0 atom stereocenters. The van der Waals surface area contributed by atoms with E-state index in [0.29, 0.717) is 23.7 Å². The van der Waals surface area contributed by atoms with Crippen molar-refractivity contribution in [3.63, 3.8) is 0 Å². The maximum Gasteiger partial charge on any atom is 0.338 e. The van der Waals surface area contributed by atoms with Gasteiger partial charge in [-0.15, -0.1) is 0 Å². The summed E-state index contributed by atoms with van der Waals surface area (Å²) in [7, 11) is 1.35. The minimum Gasteiger partial charge on any atom is -0.491 e. The van der Waals surface area contributed by atoms with Crippen LogP contribution in [0.5, 0.6) is 11.5 Å². The molecule has 0 N–H and O–H groups in total. The number of ether oxygens (including phenoxy) is 3. The van der Waals surface area contributed by atoms with E-state index < -0.39 is 5.97 Å². The highest BCUT2D eigenvalue weighted by Crippen LogP contribution is 2.25. The summed E-state index contributed by atoms with van der Waals surface area (Å²) < 4.78 is 16.1. The van der Waals surface area contributed by atoms with Gasteiger partial charge >= 0.3 is 5.97 Å². The molecule has 1 rings (SSSR count). The average Bonchev–Trinajstić information content (AvgIpc) is 2.49. The van der Waals surface area contributed by atoms with Crippen molar-refractivity contribution >= 4 is 5.97 Å². The van der Waals surface area contributed by atoms with Crippen LogP contribution in [-0.2, 0) is 4.74 Å². The first kappa shape index (κ1) is 17.8. The molecule has 1 aromatic rings. The summed E-state index contributed by atoms with van der Waals surface area (Å²) in [4.78, 5) is 11.7. The van der Waals surface area contributed by atoms with Crippen molar-refractivity contribution in [3.05, 3.63) is 47.6 Å². The summed E-state index contributed by atoms with van der Waals surface area (Å²) in [5.41, 5.74) is 1.48. The van der Waals surface area contributed by atoms with Gasteiger partial charge in [0.25, 0.3) is 0 Å². The van der Waals surface area contributed by atoms with Crippen LogP contribution in [0.4, 0.5) is 0 Å². The molecule has 0 heterocycles. The normalized spacial score (nSPS) is 11.8. The highest BCUT2D eigenvalue weighted by Gasteiger charge is 2.11. The summed E-state index contributed by atoms with van der Waals surface area (Å²) >= 11 is 0. The number of carbonyl (C=O) groups is 1. The van der Waals surface area contributed by atoms with Crippen LogP contribution in [0.3, 0.4) is 0 Å². The van der Waals surface area contributed by atoms with E-state index in [-0.39, 0.29) is 6.10 Å². The summed E-state index contributed by atoms with van der Waals surface area (Å²) in [5, 5.41) is 0. The number of esters is 1. The molecule has 120 valence electrons. The van der Waals surface area contributed by atoms with Crippen molar-refractivity contribution in [2.24, 2.45) is 0 Å². The monoisotopic (exact) mass is 304 g/mol. The standard InChI is InChI=1S/C18H24O4/c1-6-7-8-14(4)12-21-16-9-15(18(19)20-5)10-17(11-16)22-13(2)3/h6-11,13H,12H2,1-5H3/b7-6-,14-8+. The van der Waals surface area contributed by atoms with E-state index in [0.717, 1.165) is 5.57 Å². The van der Waals surface area contributed by atoms with Gasteiger partial charge in [0.2, 0.25) is 0 Å². The Morgan fingerprint density at radius 1 is 1.23 bits per heavy atom. The van der Waals surface area contributed by atoms with Gasteiger partial charge in [0, 0.05) is 6.07 Å². The molecule has 0 fully saturated rings. The first-order chi connectivity index (χ1) is 10.5. The third kappa shape index (κ3) is 6.04. The van der Waals surface area contributed by atoms with Crippen LogP contribution in [0.15, 0.2) is 42.0 Å². The van der Waals surface area contributed by atoms with E-state index in [2.05, 4.69) is 0 Å². The SMILES string of the molecule is C/C=C\C=C(/C)COc1cc(OC(C)C)cc(C(=O)OC)c1. The van der Waals surface area contributed by atoms with E-state index in [1.807, 2.05) is 45.9 Å². The van der Waals surface area contributed by atoms with E-state index >= 15 is 0 Å². The molecule has 0 aliphatic carbocycles. The fraction of sp³-hybridized carbons (Fsp3) is 0.389. The Labute approximate surface area is 132 Å². The van der Waals surface area contributed by atoms with Gasteiger partial charge in [-0.05, 0) is 45.4 Å². The van der Waals surface area contributed by atoms with E-state index in [4.69, 9.17) is 14.2 Å². The van der Waals surface area contributed by atoms with Gasteiger partial charge in [-0.3, -0.25) is 0 Å². The molecule has 0 aromatic heterocycles. The molecule has 22 heavy (non-hydrogen) atoms. The number of carbonyl (C=O) groups excluding carboxylic acids is 1. The maximum absolute atomic E-state index is 11.7. The second-order valence-corrected chi connectivity index (χ2v) is 5.18. The van der Waals surface area contributed by atoms with Crippen LogP contribution in [0, 0.1) is 0 Å². The summed E-state index contributed by atoms with van der Waals surface area (Å²) in [6, 6.07) is 5.08. The van der Waals surface area contributed by atoms with Crippen LogP contribution in [-0.4, -0.2) is 25.8 Å². The molecule has 1 aromatic carbocycles. The van der Waals surface area contributed by atoms with Crippen LogP contribution in [0.2, 0.25) is 0 Å². The molecular weight excluding hydrogens is 280 g/mol. The largest absolute Gasteiger partial charge is 0.491 e. The zero-order valence-electron chi connectivity index (χ0n) is 13.9. The molecule has 0 unspecified atom stereocenters. The zero-order valence-corrected chi connectivity index (χ0v) is 13.9. The van der Waals surface area contributed by atoms with E-state index in [9.17, 15) is 4.79 Å². The molecule has 0 bridgehead atoms. The first-order valence-electron chi connectivity index (χ1n) is 7.27. The third-order valence-electron chi connectivity index (χ3n) is 2.71. The summed E-state index contributed by atoms with van der Waals surface area (Å²) in [5.74, 6) is 0.745. The summed E-state index contributed by atoms with van der Waals surface area (Å²) in [6.45, 7) is 8.23. The van der Waals surface area contributed by atoms with Gasteiger partial charge in [-0.2, -0.15) is 0 Å². The second kappa shape index (κ2) is 8.93. The topological polar surface area (TPSA) is 44.8 Å². The lowest BCUT2D eigenvalue weighted by Gasteiger charge is -2.13. The number of hydrogen-bond acceptors (Lipinski definition) is 4. The molecule has 4 nitrogen and oxygen atoms in total. The Balaban J connectivity index is 2.94. The van der Waals surface area contributed by atoms with Crippen molar-refractivity contribution in [2.45, 2.75) is 33.8 Å². The zero-order chi connectivity index (χ0) is 16.5. The van der Waals surface area contributed by atoms with Gasteiger partial charge < -0.3 is 14.2 Å². The lowest BCUT2D eigenvalue weighted by atomic mass is 10.2. The van der Waals surface area contributed by atoms with Gasteiger partial charge in [0.1, 0.15) is 18.1 Å². The highest BCUT2D eigenvalue weighted by molar-refractivity contribution is 5.90. The predicted octanol–water partition coefficient (Wildman–Crippen LogP) is 4.16. The number of methoxy groups -OCH3 is 1. The Morgan fingerprint density at radius 3 is 2.50 bits per heavy atom.